The number of hydrogen-bond donors (Lipinski definition) is 0. The first-order valence-electron chi connectivity index (χ1n) is 6.51. The van der Waals surface area contributed by atoms with E-state index in [1.54, 1.807) is 7.11 Å². The zero-order chi connectivity index (χ0) is 14.2. The summed E-state index contributed by atoms with van der Waals surface area (Å²) in [6.45, 7) is 1.94. The average molecular weight is 315 g/mol. The van der Waals surface area contributed by atoms with E-state index in [9.17, 15) is 0 Å². The standard InChI is InChI=1S/C14H16Cl2N2O2/c1-19-14(5-6-20-9-14)8-18-12(7-15)17-11-4-2-3-10(16)13(11)18/h2-4H,5-9H2,1H3. The molecular weight excluding hydrogens is 299 g/mol. The lowest BCUT2D eigenvalue weighted by molar-refractivity contribution is -0.0291. The molecule has 20 heavy (non-hydrogen) atoms. The van der Waals surface area contributed by atoms with Crippen molar-refractivity contribution >= 4 is 34.2 Å². The smallest absolute Gasteiger partial charge is 0.124 e. The third kappa shape index (κ3) is 2.31. The second kappa shape index (κ2) is 5.53. The maximum Gasteiger partial charge on any atom is 0.124 e. The largest absolute Gasteiger partial charge is 0.378 e. The summed E-state index contributed by atoms with van der Waals surface area (Å²) < 4.78 is 13.3. The Morgan fingerprint density at radius 2 is 2.35 bits per heavy atom. The molecule has 1 aliphatic heterocycles. The van der Waals surface area contributed by atoms with Gasteiger partial charge in [0.2, 0.25) is 0 Å². The number of hydrogen-bond acceptors (Lipinski definition) is 3. The number of aromatic nitrogens is 2. The lowest BCUT2D eigenvalue weighted by atomic mass is 10.0. The van der Waals surface area contributed by atoms with Crippen molar-refractivity contribution in [3.05, 3.63) is 29.0 Å². The predicted octanol–water partition coefficient (Wildman–Crippen LogP) is 3.23. The van der Waals surface area contributed by atoms with Crippen molar-refractivity contribution in [3.63, 3.8) is 0 Å². The molecule has 0 N–H and O–H groups in total. The molecule has 1 saturated heterocycles. The minimum Gasteiger partial charge on any atom is -0.378 e. The second-order valence-electron chi connectivity index (χ2n) is 5.05. The van der Waals surface area contributed by atoms with Crippen LogP contribution in [0.2, 0.25) is 5.02 Å². The zero-order valence-electron chi connectivity index (χ0n) is 11.2. The normalized spacial score (nSPS) is 22.8. The fourth-order valence-electron chi connectivity index (χ4n) is 2.69. The molecule has 108 valence electrons. The molecular formula is C14H16Cl2N2O2. The Kier molecular flexibility index (Phi) is 3.91. The highest BCUT2D eigenvalue weighted by atomic mass is 35.5. The fraction of sp³-hybridized carbons (Fsp3) is 0.500. The summed E-state index contributed by atoms with van der Waals surface area (Å²) in [7, 11) is 1.72. The van der Waals surface area contributed by atoms with Crippen molar-refractivity contribution in [2.75, 3.05) is 20.3 Å². The van der Waals surface area contributed by atoms with E-state index in [-0.39, 0.29) is 5.60 Å². The number of alkyl halides is 1. The highest BCUT2D eigenvalue weighted by Crippen LogP contribution is 2.30. The van der Waals surface area contributed by atoms with Crippen molar-refractivity contribution in [2.24, 2.45) is 0 Å². The van der Waals surface area contributed by atoms with E-state index >= 15 is 0 Å². The number of benzene rings is 1. The van der Waals surface area contributed by atoms with Crippen LogP contribution < -0.4 is 0 Å². The van der Waals surface area contributed by atoms with Gasteiger partial charge in [-0.25, -0.2) is 4.98 Å². The quantitative estimate of drug-likeness (QED) is 0.813. The number of imidazole rings is 1. The van der Waals surface area contributed by atoms with Crippen LogP contribution in [0.15, 0.2) is 18.2 Å². The van der Waals surface area contributed by atoms with Gasteiger partial charge in [0, 0.05) is 20.1 Å². The molecule has 0 saturated carbocycles. The van der Waals surface area contributed by atoms with E-state index in [4.69, 9.17) is 32.7 Å². The van der Waals surface area contributed by atoms with E-state index in [0.717, 1.165) is 23.3 Å². The van der Waals surface area contributed by atoms with Crippen LogP contribution in [0.5, 0.6) is 0 Å². The van der Waals surface area contributed by atoms with E-state index in [1.807, 2.05) is 18.2 Å². The summed E-state index contributed by atoms with van der Waals surface area (Å²) in [5.74, 6) is 1.14. The molecule has 0 amide bonds. The van der Waals surface area contributed by atoms with Crippen LogP contribution in [0.1, 0.15) is 12.2 Å². The van der Waals surface area contributed by atoms with Gasteiger partial charge < -0.3 is 14.0 Å². The Labute approximate surface area is 127 Å². The maximum absolute atomic E-state index is 6.33. The fourth-order valence-corrected chi connectivity index (χ4v) is 3.16. The molecule has 1 unspecified atom stereocenters. The molecule has 0 spiro atoms. The molecule has 1 aromatic heterocycles. The summed E-state index contributed by atoms with van der Waals surface area (Å²) in [6.07, 6.45) is 0.856. The van der Waals surface area contributed by atoms with Crippen molar-refractivity contribution in [3.8, 4) is 0 Å². The number of halogens is 2. The monoisotopic (exact) mass is 314 g/mol. The molecule has 1 fully saturated rings. The summed E-state index contributed by atoms with van der Waals surface area (Å²) in [5.41, 5.74) is 1.44. The molecule has 0 aliphatic carbocycles. The van der Waals surface area contributed by atoms with Crippen molar-refractivity contribution in [1.29, 1.82) is 0 Å². The summed E-state index contributed by atoms with van der Waals surface area (Å²) in [6, 6.07) is 5.70. The van der Waals surface area contributed by atoms with Gasteiger partial charge in [-0.1, -0.05) is 17.7 Å². The van der Waals surface area contributed by atoms with Crippen molar-refractivity contribution in [1.82, 2.24) is 9.55 Å². The summed E-state index contributed by atoms with van der Waals surface area (Å²) in [4.78, 5) is 4.55. The van der Waals surface area contributed by atoms with Crippen LogP contribution in [0, 0.1) is 0 Å². The SMILES string of the molecule is COC1(Cn2c(CCl)nc3cccc(Cl)c32)CCOC1. The highest BCUT2D eigenvalue weighted by molar-refractivity contribution is 6.35. The van der Waals surface area contributed by atoms with Gasteiger partial charge in [0.25, 0.3) is 0 Å². The van der Waals surface area contributed by atoms with Gasteiger partial charge >= 0.3 is 0 Å². The third-order valence-corrected chi connectivity index (χ3v) is 4.41. The predicted molar refractivity (Wildman–Crippen MR) is 79.5 cm³/mol. The highest BCUT2D eigenvalue weighted by Gasteiger charge is 2.36. The molecule has 6 heteroatoms. The molecule has 2 heterocycles. The maximum atomic E-state index is 6.33. The number of ether oxygens (including phenoxy) is 2. The van der Waals surface area contributed by atoms with Crippen LogP contribution in [0.3, 0.4) is 0 Å². The van der Waals surface area contributed by atoms with E-state index in [2.05, 4.69) is 9.55 Å². The van der Waals surface area contributed by atoms with Gasteiger partial charge in [0.1, 0.15) is 11.4 Å². The summed E-state index contributed by atoms with van der Waals surface area (Å²) >= 11 is 12.4. The molecule has 2 aromatic rings. The van der Waals surface area contributed by atoms with Crippen LogP contribution in [0.4, 0.5) is 0 Å². The minimum absolute atomic E-state index is 0.326. The van der Waals surface area contributed by atoms with Gasteiger partial charge in [0.05, 0.1) is 35.1 Å². The van der Waals surface area contributed by atoms with Gasteiger partial charge in [-0.2, -0.15) is 0 Å². The molecule has 1 aromatic carbocycles. The topological polar surface area (TPSA) is 36.3 Å². The number of methoxy groups -OCH3 is 1. The molecule has 1 atom stereocenters. The van der Waals surface area contributed by atoms with Gasteiger partial charge in [-0.3, -0.25) is 0 Å². The first-order chi connectivity index (χ1) is 9.69. The molecule has 4 nitrogen and oxygen atoms in total. The molecule has 0 bridgehead atoms. The molecule has 1 aliphatic rings. The first-order valence-corrected chi connectivity index (χ1v) is 7.43. The number of para-hydroxylation sites is 1. The van der Waals surface area contributed by atoms with Crippen molar-refractivity contribution in [2.45, 2.75) is 24.4 Å². The Balaban J connectivity index is 2.09. The van der Waals surface area contributed by atoms with Gasteiger partial charge in [-0.05, 0) is 12.1 Å². The lowest BCUT2D eigenvalue weighted by Gasteiger charge is -2.27. The first kappa shape index (κ1) is 14.1. The zero-order valence-corrected chi connectivity index (χ0v) is 12.7. The van der Waals surface area contributed by atoms with Crippen LogP contribution >= 0.6 is 23.2 Å². The molecule has 3 rings (SSSR count). The average Bonchev–Trinajstić information content (AvgIpc) is 3.05. The van der Waals surface area contributed by atoms with Crippen LogP contribution in [0.25, 0.3) is 11.0 Å². The number of fused-ring (bicyclic) bond motifs is 1. The Hall–Kier alpha value is -0.810. The Bertz CT molecular complexity index is 621. The Morgan fingerprint density at radius 3 is 3.00 bits per heavy atom. The van der Waals surface area contributed by atoms with E-state index in [1.165, 1.54) is 0 Å². The second-order valence-corrected chi connectivity index (χ2v) is 5.72. The van der Waals surface area contributed by atoms with E-state index in [0.29, 0.717) is 30.7 Å². The van der Waals surface area contributed by atoms with Gasteiger partial charge in [-0.15, -0.1) is 11.6 Å². The van der Waals surface area contributed by atoms with Crippen LogP contribution in [-0.4, -0.2) is 35.5 Å². The minimum atomic E-state index is -0.326. The van der Waals surface area contributed by atoms with Gasteiger partial charge in [0.15, 0.2) is 0 Å². The van der Waals surface area contributed by atoms with Crippen LogP contribution in [-0.2, 0) is 21.9 Å². The Morgan fingerprint density at radius 1 is 1.50 bits per heavy atom. The van der Waals surface area contributed by atoms with Crippen molar-refractivity contribution < 1.29 is 9.47 Å². The number of rotatable bonds is 4. The molecule has 0 radical (unpaired) electrons. The summed E-state index contributed by atoms with van der Waals surface area (Å²) in [5, 5.41) is 0.677. The van der Waals surface area contributed by atoms with E-state index < -0.39 is 0 Å². The third-order valence-electron chi connectivity index (χ3n) is 3.86. The lowest BCUT2D eigenvalue weighted by Crippen LogP contribution is -2.37. The number of nitrogens with zero attached hydrogens (tertiary/aromatic N) is 2.